The highest BCUT2D eigenvalue weighted by atomic mass is 35.5. The second-order valence-corrected chi connectivity index (χ2v) is 7.51. The number of amides is 1. The third-order valence-corrected chi connectivity index (χ3v) is 4.84. The van der Waals surface area contributed by atoms with Crippen molar-refractivity contribution in [3.05, 3.63) is 77.0 Å². The van der Waals surface area contributed by atoms with Crippen LogP contribution in [0.1, 0.15) is 41.6 Å². The molecule has 31 heavy (non-hydrogen) atoms. The molecule has 0 aliphatic heterocycles. The van der Waals surface area contributed by atoms with Gasteiger partial charge < -0.3 is 9.84 Å². The van der Waals surface area contributed by atoms with Crippen LogP contribution in [0.5, 0.6) is 0 Å². The first-order valence-electron chi connectivity index (χ1n) is 9.47. The quantitative estimate of drug-likeness (QED) is 0.483. The minimum atomic E-state index is -0.434. The fourth-order valence-electron chi connectivity index (χ4n) is 2.75. The van der Waals surface area contributed by atoms with Crippen molar-refractivity contribution in [2.45, 2.75) is 26.3 Å². The molecule has 0 saturated heterocycles. The summed E-state index contributed by atoms with van der Waals surface area (Å²) in [5.41, 5.74) is 1.51. The molecule has 1 N–H and O–H groups in total. The predicted octanol–water partition coefficient (Wildman–Crippen LogP) is 4.16. The summed E-state index contributed by atoms with van der Waals surface area (Å²) < 4.78 is 20.0. The molecule has 0 unspecified atom stereocenters. The molecular weight excluding hydrogens is 423 g/mol. The number of nitrogens with zero attached hydrogens (tertiary/aromatic N) is 5. The van der Waals surface area contributed by atoms with Gasteiger partial charge in [0.1, 0.15) is 23.7 Å². The first-order chi connectivity index (χ1) is 14.9. The Balaban J connectivity index is 1.43. The van der Waals surface area contributed by atoms with Gasteiger partial charge in [-0.15, -0.1) is 0 Å². The Morgan fingerprint density at radius 1 is 1.26 bits per heavy atom. The number of pyridine rings is 1. The highest BCUT2D eigenvalue weighted by Crippen LogP contribution is 2.20. The molecular formula is C21H18ClFN6O2. The van der Waals surface area contributed by atoms with Crippen LogP contribution in [0.15, 0.2) is 53.6 Å². The van der Waals surface area contributed by atoms with Gasteiger partial charge in [0.15, 0.2) is 5.82 Å². The van der Waals surface area contributed by atoms with Crippen molar-refractivity contribution in [1.82, 2.24) is 30.0 Å². The summed E-state index contributed by atoms with van der Waals surface area (Å²) >= 11 is 5.98. The van der Waals surface area contributed by atoms with E-state index in [-0.39, 0.29) is 29.1 Å². The summed E-state index contributed by atoms with van der Waals surface area (Å²) in [7, 11) is 0. The fraction of sp³-hybridized carbons (Fsp3) is 0.190. The molecule has 0 aliphatic carbocycles. The van der Waals surface area contributed by atoms with Crippen LogP contribution in [0.4, 0.5) is 4.39 Å². The number of aromatic nitrogens is 5. The first kappa shape index (κ1) is 20.7. The number of carbonyl (C=O) groups is 1. The first-order valence-corrected chi connectivity index (χ1v) is 9.85. The van der Waals surface area contributed by atoms with E-state index in [2.05, 4.69) is 25.4 Å². The zero-order chi connectivity index (χ0) is 22.0. The van der Waals surface area contributed by atoms with Crippen molar-refractivity contribution >= 4 is 17.5 Å². The van der Waals surface area contributed by atoms with Gasteiger partial charge >= 0.3 is 0 Å². The fourth-order valence-corrected chi connectivity index (χ4v) is 2.98. The molecule has 3 aromatic heterocycles. The summed E-state index contributed by atoms with van der Waals surface area (Å²) in [6, 6.07) is 7.57. The molecule has 0 fully saturated rings. The van der Waals surface area contributed by atoms with Crippen LogP contribution in [-0.4, -0.2) is 30.6 Å². The van der Waals surface area contributed by atoms with E-state index in [0.29, 0.717) is 28.7 Å². The predicted molar refractivity (Wildman–Crippen MR) is 111 cm³/mol. The van der Waals surface area contributed by atoms with Crippen molar-refractivity contribution < 1.29 is 13.7 Å². The van der Waals surface area contributed by atoms with E-state index in [0.717, 1.165) is 0 Å². The van der Waals surface area contributed by atoms with Gasteiger partial charge in [-0.2, -0.15) is 4.98 Å². The van der Waals surface area contributed by atoms with Gasteiger partial charge in [-0.05, 0) is 29.8 Å². The average molecular weight is 441 g/mol. The number of carbonyl (C=O) groups excluding carboxylic acids is 1. The van der Waals surface area contributed by atoms with E-state index in [9.17, 15) is 9.18 Å². The largest absolute Gasteiger partial charge is 0.347 e. The van der Waals surface area contributed by atoms with Crippen molar-refractivity contribution in [2.75, 3.05) is 0 Å². The summed E-state index contributed by atoms with van der Waals surface area (Å²) in [5.74, 6) is 0.943. The monoisotopic (exact) mass is 440 g/mol. The normalized spacial score (nSPS) is 11.1. The van der Waals surface area contributed by atoms with Gasteiger partial charge in [-0.3, -0.25) is 9.36 Å². The standard InChI is InChI=1S/C21H18ClFN6O2/c1-12(2)19-27-21(31-28-19)14-4-6-18(24-9-14)29-10-17(26-11-29)20(30)25-8-13-3-5-15(23)7-16(13)22/h3-7,9-12H,8H2,1-2H3,(H,25,30). The number of halogens is 2. The van der Waals surface area contributed by atoms with Gasteiger partial charge in [0.2, 0.25) is 0 Å². The van der Waals surface area contributed by atoms with Gasteiger partial charge in [-0.25, -0.2) is 14.4 Å². The van der Waals surface area contributed by atoms with Gasteiger partial charge in [0.05, 0.1) is 5.56 Å². The maximum Gasteiger partial charge on any atom is 0.271 e. The number of nitrogens with one attached hydrogen (secondary N) is 1. The molecule has 158 valence electrons. The maximum atomic E-state index is 13.1. The van der Waals surface area contributed by atoms with Gasteiger partial charge in [-0.1, -0.05) is 36.7 Å². The number of imidazole rings is 1. The molecule has 0 spiro atoms. The third kappa shape index (κ3) is 4.61. The summed E-state index contributed by atoms with van der Waals surface area (Å²) in [6.45, 7) is 4.12. The molecule has 0 radical (unpaired) electrons. The van der Waals surface area contributed by atoms with Crippen molar-refractivity contribution in [3.63, 3.8) is 0 Å². The lowest BCUT2D eigenvalue weighted by molar-refractivity contribution is 0.0946. The van der Waals surface area contributed by atoms with Crippen LogP contribution in [0, 0.1) is 5.82 Å². The Morgan fingerprint density at radius 3 is 2.77 bits per heavy atom. The molecule has 10 heteroatoms. The van der Waals surface area contributed by atoms with Crippen LogP contribution >= 0.6 is 11.6 Å². The lowest BCUT2D eigenvalue weighted by Crippen LogP contribution is -2.23. The second-order valence-electron chi connectivity index (χ2n) is 7.10. The Kier molecular flexibility index (Phi) is 5.77. The van der Waals surface area contributed by atoms with E-state index in [1.54, 1.807) is 29.1 Å². The lowest BCUT2D eigenvalue weighted by atomic mass is 10.2. The van der Waals surface area contributed by atoms with E-state index in [1.807, 2.05) is 13.8 Å². The van der Waals surface area contributed by atoms with Crippen LogP contribution in [-0.2, 0) is 6.54 Å². The molecule has 8 nitrogen and oxygen atoms in total. The highest BCUT2D eigenvalue weighted by molar-refractivity contribution is 6.31. The maximum absolute atomic E-state index is 13.1. The van der Waals surface area contributed by atoms with Crippen LogP contribution in [0.25, 0.3) is 17.3 Å². The number of hydrogen-bond acceptors (Lipinski definition) is 6. The molecule has 4 rings (SSSR count). The van der Waals surface area contributed by atoms with Crippen molar-refractivity contribution in [3.8, 4) is 17.3 Å². The van der Waals surface area contributed by atoms with Crippen LogP contribution in [0.2, 0.25) is 5.02 Å². The smallest absolute Gasteiger partial charge is 0.271 e. The van der Waals surface area contributed by atoms with Gasteiger partial charge in [0, 0.05) is 29.9 Å². The Morgan fingerprint density at radius 2 is 2.10 bits per heavy atom. The molecule has 0 aliphatic rings. The highest BCUT2D eigenvalue weighted by Gasteiger charge is 2.14. The molecule has 0 saturated carbocycles. The second kappa shape index (κ2) is 8.65. The SMILES string of the molecule is CC(C)c1noc(-c2ccc(-n3cnc(C(=O)NCc4ccc(F)cc4Cl)c3)nc2)n1. The number of hydrogen-bond donors (Lipinski definition) is 1. The topological polar surface area (TPSA) is 98.7 Å². The lowest BCUT2D eigenvalue weighted by Gasteiger charge is -2.05. The minimum Gasteiger partial charge on any atom is -0.347 e. The number of benzene rings is 1. The minimum absolute atomic E-state index is 0.153. The van der Waals surface area contributed by atoms with Crippen molar-refractivity contribution in [2.24, 2.45) is 0 Å². The van der Waals surface area contributed by atoms with E-state index >= 15 is 0 Å². The summed E-state index contributed by atoms with van der Waals surface area (Å²) in [5, 5.41) is 6.90. The molecule has 1 amide bonds. The zero-order valence-electron chi connectivity index (χ0n) is 16.7. The van der Waals surface area contributed by atoms with E-state index < -0.39 is 5.82 Å². The summed E-state index contributed by atoms with van der Waals surface area (Å²) in [4.78, 5) is 25.2. The molecule has 3 heterocycles. The van der Waals surface area contributed by atoms with E-state index in [4.69, 9.17) is 16.1 Å². The molecule has 4 aromatic rings. The Bertz CT molecular complexity index is 1220. The third-order valence-electron chi connectivity index (χ3n) is 4.49. The molecule has 1 aromatic carbocycles. The Hall–Kier alpha value is -3.59. The molecule has 0 bridgehead atoms. The van der Waals surface area contributed by atoms with E-state index in [1.165, 1.54) is 24.5 Å². The molecule has 0 atom stereocenters. The zero-order valence-corrected chi connectivity index (χ0v) is 17.5. The van der Waals surface area contributed by atoms with Crippen LogP contribution in [0.3, 0.4) is 0 Å². The summed E-state index contributed by atoms with van der Waals surface area (Å²) in [6.07, 6.45) is 4.67. The number of rotatable bonds is 6. The van der Waals surface area contributed by atoms with Crippen molar-refractivity contribution in [1.29, 1.82) is 0 Å². The van der Waals surface area contributed by atoms with Crippen LogP contribution < -0.4 is 5.32 Å². The Labute approximate surface area is 182 Å². The average Bonchev–Trinajstić information content (AvgIpc) is 3.43. The van der Waals surface area contributed by atoms with Gasteiger partial charge in [0.25, 0.3) is 11.8 Å².